The van der Waals surface area contributed by atoms with Gasteiger partial charge in [0.15, 0.2) is 0 Å². The van der Waals surface area contributed by atoms with Crippen molar-refractivity contribution in [3.63, 3.8) is 0 Å². The van der Waals surface area contributed by atoms with Gasteiger partial charge in [-0.1, -0.05) is 17.3 Å². The number of phenols is 1. The highest BCUT2D eigenvalue weighted by Crippen LogP contribution is 2.34. The second-order valence-corrected chi connectivity index (χ2v) is 6.31. The van der Waals surface area contributed by atoms with E-state index in [1.165, 1.54) is 7.11 Å². The summed E-state index contributed by atoms with van der Waals surface area (Å²) in [6, 6.07) is 9.63. The van der Waals surface area contributed by atoms with Gasteiger partial charge in [-0.2, -0.15) is 0 Å². The third-order valence-electron chi connectivity index (χ3n) is 4.28. The Bertz CT molecular complexity index is 995. The van der Waals surface area contributed by atoms with Gasteiger partial charge in [0.05, 0.1) is 19.0 Å². The van der Waals surface area contributed by atoms with Gasteiger partial charge in [0.1, 0.15) is 29.4 Å². The quantitative estimate of drug-likeness (QED) is 0.697. The first-order valence-electron chi connectivity index (χ1n) is 8.43. The van der Waals surface area contributed by atoms with Crippen molar-refractivity contribution < 1.29 is 19.4 Å². The minimum Gasteiger partial charge on any atom is -0.507 e. The van der Waals surface area contributed by atoms with Crippen molar-refractivity contribution >= 4 is 5.97 Å². The molecule has 27 heavy (non-hydrogen) atoms. The first kappa shape index (κ1) is 18.4. The number of rotatable bonds is 5. The molecule has 0 bridgehead atoms. The summed E-state index contributed by atoms with van der Waals surface area (Å²) in [5.74, 6) is -0.247. The number of aryl methyl sites for hydroxylation is 2. The number of hydrogen-bond donors (Lipinski definition) is 1. The molecule has 0 unspecified atom stereocenters. The predicted molar refractivity (Wildman–Crippen MR) is 99.3 cm³/mol. The number of methoxy groups -OCH3 is 1. The Balaban J connectivity index is 1.79. The van der Waals surface area contributed by atoms with Crippen LogP contribution in [0.25, 0.3) is 5.69 Å². The molecule has 0 saturated heterocycles. The lowest BCUT2D eigenvalue weighted by Crippen LogP contribution is -2.07. The minimum atomic E-state index is -0.583. The van der Waals surface area contributed by atoms with Gasteiger partial charge in [-0.3, -0.25) is 0 Å². The molecule has 3 rings (SSSR count). The van der Waals surface area contributed by atoms with Crippen LogP contribution in [-0.4, -0.2) is 33.2 Å². The lowest BCUT2D eigenvalue weighted by Gasteiger charge is -2.14. The number of benzene rings is 2. The van der Waals surface area contributed by atoms with E-state index in [4.69, 9.17) is 9.47 Å². The van der Waals surface area contributed by atoms with E-state index in [9.17, 15) is 9.90 Å². The monoisotopic (exact) mass is 367 g/mol. The molecule has 0 aliphatic rings. The van der Waals surface area contributed by atoms with Crippen molar-refractivity contribution in [1.29, 1.82) is 0 Å². The second kappa shape index (κ2) is 7.49. The highest BCUT2D eigenvalue weighted by molar-refractivity contribution is 5.95. The van der Waals surface area contributed by atoms with E-state index < -0.39 is 5.97 Å². The molecule has 3 aromatic rings. The molecule has 0 amide bonds. The van der Waals surface area contributed by atoms with Crippen molar-refractivity contribution in [3.05, 3.63) is 64.5 Å². The maximum Gasteiger partial charge on any atom is 0.341 e. The van der Waals surface area contributed by atoms with E-state index in [1.807, 2.05) is 31.2 Å². The summed E-state index contributed by atoms with van der Waals surface area (Å²) in [4.78, 5) is 11.8. The topological polar surface area (TPSA) is 86.5 Å². The number of ether oxygens (including phenoxy) is 2. The predicted octanol–water partition coefficient (Wildman–Crippen LogP) is 3.26. The molecule has 2 aromatic carbocycles. The van der Waals surface area contributed by atoms with Crippen molar-refractivity contribution in [3.8, 4) is 17.2 Å². The molecule has 0 atom stereocenters. The highest BCUT2D eigenvalue weighted by Gasteiger charge is 2.20. The number of phenolic OH excluding ortho intramolecular Hbond substituents is 1. The van der Waals surface area contributed by atoms with Gasteiger partial charge in [0, 0.05) is 5.56 Å². The molecule has 0 radical (unpaired) electrons. The van der Waals surface area contributed by atoms with Crippen molar-refractivity contribution in [2.45, 2.75) is 27.4 Å². The Morgan fingerprint density at radius 1 is 1.22 bits per heavy atom. The van der Waals surface area contributed by atoms with Crippen LogP contribution in [0.3, 0.4) is 0 Å². The van der Waals surface area contributed by atoms with Crippen LogP contribution in [0.15, 0.2) is 36.5 Å². The van der Waals surface area contributed by atoms with E-state index in [2.05, 4.69) is 10.3 Å². The largest absolute Gasteiger partial charge is 0.507 e. The number of nitrogens with zero attached hydrogens (tertiary/aromatic N) is 3. The molecule has 0 aliphatic heterocycles. The van der Waals surface area contributed by atoms with Gasteiger partial charge in [-0.25, -0.2) is 9.48 Å². The molecule has 0 spiro atoms. The fraction of sp³-hybridized carbons (Fsp3) is 0.250. The Labute approximate surface area is 157 Å². The molecule has 0 saturated carbocycles. The zero-order chi connectivity index (χ0) is 19.6. The van der Waals surface area contributed by atoms with Crippen molar-refractivity contribution in [2.75, 3.05) is 7.11 Å². The van der Waals surface area contributed by atoms with Crippen LogP contribution in [0.1, 0.15) is 32.7 Å². The average molecular weight is 367 g/mol. The lowest BCUT2D eigenvalue weighted by atomic mass is 10.0. The molecular weight excluding hydrogens is 346 g/mol. The number of aromatic nitrogens is 3. The SMILES string of the molecule is COC(=O)c1c(C)cc(OCc2cn(-c3cccc(C)c3)nn2)c(C)c1O. The summed E-state index contributed by atoms with van der Waals surface area (Å²) in [7, 11) is 1.28. The van der Waals surface area contributed by atoms with E-state index in [0.29, 0.717) is 22.6 Å². The van der Waals surface area contributed by atoms with E-state index in [0.717, 1.165) is 11.3 Å². The Kier molecular flexibility index (Phi) is 5.12. The van der Waals surface area contributed by atoms with E-state index in [1.54, 1.807) is 30.8 Å². The number of hydrogen-bond acceptors (Lipinski definition) is 6. The molecule has 1 N–H and O–H groups in total. The number of aromatic hydroxyl groups is 1. The number of carbonyl (C=O) groups is 1. The van der Waals surface area contributed by atoms with Gasteiger partial charge >= 0.3 is 5.97 Å². The molecule has 1 aromatic heterocycles. The van der Waals surface area contributed by atoms with Crippen LogP contribution < -0.4 is 4.74 Å². The summed E-state index contributed by atoms with van der Waals surface area (Å²) in [5.41, 5.74) is 3.88. The molecule has 7 heteroatoms. The zero-order valence-corrected chi connectivity index (χ0v) is 15.7. The smallest absolute Gasteiger partial charge is 0.341 e. The highest BCUT2D eigenvalue weighted by atomic mass is 16.5. The molecule has 140 valence electrons. The van der Waals surface area contributed by atoms with E-state index >= 15 is 0 Å². The van der Waals surface area contributed by atoms with Crippen LogP contribution in [0.4, 0.5) is 0 Å². The fourth-order valence-corrected chi connectivity index (χ4v) is 2.79. The Morgan fingerprint density at radius 2 is 2.00 bits per heavy atom. The fourth-order valence-electron chi connectivity index (χ4n) is 2.79. The maximum absolute atomic E-state index is 11.8. The molecule has 1 heterocycles. The van der Waals surface area contributed by atoms with Gasteiger partial charge in [-0.05, 0) is 50.1 Å². The molecular formula is C20H21N3O4. The summed E-state index contributed by atoms with van der Waals surface area (Å²) >= 11 is 0. The van der Waals surface area contributed by atoms with Gasteiger partial charge < -0.3 is 14.6 Å². The van der Waals surface area contributed by atoms with Crippen LogP contribution in [0.2, 0.25) is 0 Å². The van der Waals surface area contributed by atoms with E-state index in [-0.39, 0.29) is 17.9 Å². The zero-order valence-electron chi connectivity index (χ0n) is 15.7. The number of esters is 1. The van der Waals surface area contributed by atoms with Crippen LogP contribution >= 0.6 is 0 Å². The second-order valence-electron chi connectivity index (χ2n) is 6.31. The van der Waals surface area contributed by atoms with Gasteiger partial charge in [-0.15, -0.1) is 5.10 Å². The molecule has 7 nitrogen and oxygen atoms in total. The Hall–Kier alpha value is -3.35. The maximum atomic E-state index is 11.8. The molecule has 0 aliphatic carbocycles. The summed E-state index contributed by atoms with van der Waals surface area (Å²) in [6.07, 6.45) is 1.79. The summed E-state index contributed by atoms with van der Waals surface area (Å²) in [6.45, 7) is 5.59. The average Bonchev–Trinajstić information content (AvgIpc) is 3.12. The van der Waals surface area contributed by atoms with Crippen LogP contribution in [0.5, 0.6) is 11.5 Å². The first-order valence-corrected chi connectivity index (χ1v) is 8.43. The van der Waals surface area contributed by atoms with Crippen LogP contribution in [-0.2, 0) is 11.3 Å². The molecule has 0 fully saturated rings. The van der Waals surface area contributed by atoms with Crippen LogP contribution in [0, 0.1) is 20.8 Å². The normalized spacial score (nSPS) is 10.7. The lowest BCUT2D eigenvalue weighted by molar-refractivity contribution is 0.0596. The van der Waals surface area contributed by atoms with Gasteiger partial charge in [0.2, 0.25) is 0 Å². The summed E-state index contributed by atoms with van der Waals surface area (Å²) in [5, 5.41) is 18.6. The standard InChI is InChI=1S/C20H21N3O4/c1-12-6-5-7-16(8-12)23-10-15(21-22-23)11-27-17-9-13(2)18(20(25)26-4)19(24)14(17)3/h5-10,24H,11H2,1-4H3. The minimum absolute atomic E-state index is 0.139. The van der Waals surface area contributed by atoms with Crippen molar-refractivity contribution in [1.82, 2.24) is 15.0 Å². The summed E-state index contributed by atoms with van der Waals surface area (Å²) < 4.78 is 12.2. The third-order valence-corrected chi connectivity index (χ3v) is 4.28. The van der Waals surface area contributed by atoms with Gasteiger partial charge in [0.25, 0.3) is 0 Å². The number of carbonyl (C=O) groups excluding carboxylic acids is 1. The Morgan fingerprint density at radius 3 is 2.70 bits per heavy atom. The first-order chi connectivity index (χ1) is 12.9. The third kappa shape index (κ3) is 3.76. The van der Waals surface area contributed by atoms with Crippen molar-refractivity contribution in [2.24, 2.45) is 0 Å².